The minimum absolute atomic E-state index is 0.458. The maximum absolute atomic E-state index is 2.44. The molecule has 2 heteroatoms. The Morgan fingerprint density at radius 2 is 0.806 bits per heavy atom. The third kappa shape index (κ3) is 6.22. The average Bonchev–Trinajstić information content (AvgIpc) is 3.94. The fourth-order valence-corrected chi connectivity index (χ4v) is 12.3. The number of fused-ring (bicyclic) bond motifs is 7. The van der Waals surface area contributed by atoms with Crippen LogP contribution < -0.4 is 4.90 Å². The van der Waals surface area contributed by atoms with E-state index < -0.39 is 5.41 Å². The van der Waals surface area contributed by atoms with Crippen molar-refractivity contribution in [1.82, 2.24) is 0 Å². The molecule has 1 aliphatic rings. The monoisotopic (exact) mass is 869 g/mol. The highest BCUT2D eigenvalue weighted by Crippen LogP contribution is 2.58. The highest BCUT2D eigenvalue weighted by Gasteiger charge is 2.46. The lowest BCUT2D eigenvalue weighted by Gasteiger charge is -2.34. The molecule has 11 aromatic carbocycles. The van der Waals surface area contributed by atoms with E-state index in [1.54, 1.807) is 0 Å². The molecule has 1 aliphatic carbocycles. The van der Waals surface area contributed by atoms with Crippen LogP contribution in [0.25, 0.3) is 75.5 Å². The Labute approximate surface area is 395 Å². The van der Waals surface area contributed by atoms with Crippen LogP contribution in [-0.4, -0.2) is 0 Å². The number of hydrogen-bond donors (Lipinski definition) is 0. The second-order valence-electron chi connectivity index (χ2n) is 17.5. The van der Waals surface area contributed by atoms with E-state index in [9.17, 15) is 0 Å². The molecule has 0 saturated carbocycles. The van der Waals surface area contributed by atoms with Gasteiger partial charge in [-0.1, -0.05) is 224 Å². The Bertz CT molecular complexity index is 3750. The van der Waals surface area contributed by atoms with Crippen LogP contribution in [0.15, 0.2) is 261 Å². The van der Waals surface area contributed by atoms with Crippen LogP contribution in [0.4, 0.5) is 17.1 Å². The molecule has 13 rings (SSSR count). The smallest absolute Gasteiger partial charge is 0.0713 e. The van der Waals surface area contributed by atoms with E-state index in [4.69, 9.17) is 0 Å². The molecule has 0 N–H and O–H groups in total. The number of para-hydroxylation sites is 1. The summed E-state index contributed by atoms with van der Waals surface area (Å²) in [7, 11) is 0. The third-order valence-corrected chi connectivity index (χ3v) is 15.2. The fourth-order valence-electron chi connectivity index (χ4n) is 11.1. The Balaban J connectivity index is 0.980. The van der Waals surface area contributed by atoms with E-state index in [0.717, 1.165) is 17.1 Å². The summed E-state index contributed by atoms with van der Waals surface area (Å²) in [6.45, 7) is 0. The van der Waals surface area contributed by atoms with Gasteiger partial charge in [-0.05, 0) is 103 Å². The lowest BCUT2D eigenvalue weighted by Crippen LogP contribution is -2.28. The van der Waals surface area contributed by atoms with Crippen molar-refractivity contribution in [1.29, 1.82) is 0 Å². The van der Waals surface area contributed by atoms with Gasteiger partial charge in [0.25, 0.3) is 0 Å². The summed E-state index contributed by atoms with van der Waals surface area (Å²) in [6.07, 6.45) is 0. The molecule has 0 radical (unpaired) electrons. The van der Waals surface area contributed by atoms with Gasteiger partial charge in [0, 0.05) is 42.7 Å². The number of rotatable bonds is 8. The molecule has 0 amide bonds. The van der Waals surface area contributed by atoms with Crippen LogP contribution in [0.2, 0.25) is 0 Å². The minimum atomic E-state index is -0.458. The number of thiophene rings is 1. The van der Waals surface area contributed by atoms with E-state index in [2.05, 4.69) is 266 Å². The molecule has 12 aromatic rings. The Hall–Kier alpha value is -8.30. The van der Waals surface area contributed by atoms with Crippen molar-refractivity contribution in [3.05, 3.63) is 283 Å². The fraction of sp³-hybridized carbons (Fsp3) is 0.0154. The Morgan fingerprint density at radius 3 is 1.55 bits per heavy atom. The van der Waals surface area contributed by atoms with Gasteiger partial charge in [0.2, 0.25) is 0 Å². The molecule has 0 bridgehead atoms. The molecular formula is C65H43NS. The first-order valence-electron chi connectivity index (χ1n) is 23.1. The van der Waals surface area contributed by atoms with Gasteiger partial charge in [-0.15, -0.1) is 11.3 Å². The molecule has 1 heterocycles. The van der Waals surface area contributed by atoms with Crippen LogP contribution in [0.1, 0.15) is 22.3 Å². The quantitative estimate of drug-likeness (QED) is 0.147. The maximum Gasteiger partial charge on any atom is 0.0713 e. The largest absolute Gasteiger partial charge is 0.310 e. The highest BCUT2D eigenvalue weighted by atomic mass is 32.1. The lowest BCUT2D eigenvalue weighted by molar-refractivity contribution is 0.768. The molecule has 0 spiro atoms. The molecule has 0 fully saturated rings. The summed E-state index contributed by atoms with van der Waals surface area (Å²) in [6, 6.07) is 96.2. The van der Waals surface area contributed by atoms with Gasteiger partial charge in [-0.25, -0.2) is 0 Å². The first kappa shape index (κ1) is 39.1. The predicted molar refractivity (Wildman–Crippen MR) is 285 cm³/mol. The van der Waals surface area contributed by atoms with E-state index in [1.807, 2.05) is 11.3 Å². The number of benzene rings is 11. The van der Waals surface area contributed by atoms with Crippen molar-refractivity contribution >= 4 is 59.3 Å². The van der Waals surface area contributed by atoms with Crippen LogP contribution in [0.5, 0.6) is 0 Å². The Kier molecular flexibility index (Phi) is 9.33. The van der Waals surface area contributed by atoms with Crippen LogP contribution in [0, 0.1) is 0 Å². The summed E-state index contributed by atoms with van der Waals surface area (Å²) in [5.74, 6) is 0. The van der Waals surface area contributed by atoms with Gasteiger partial charge in [-0.3, -0.25) is 0 Å². The normalized spacial score (nSPS) is 12.6. The average molecular weight is 870 g/mol. The molecule has 1 aromatic heterocycles. The number of nitrogens with zero attached hydrogens (tertiary/aromatic N) is 1. The molecule has 314 valence electrons. The topological polar surface area (TPSA) is 3.24 Å². The van der Waals surface area contributed by atoms with Gasteiger partial charge in [0.1, 0.15) is 0 Å². The summed E-state index contributed by atoms with van der Waals surface area (Å²) in [5, 5.41) is 5.10. The predicted octanol–water partition coefficient (Wildman–Crippen LogP) is 18.0. The van der Waals surface area contributed by atoms with Crippen molar-refractivity contribution in [2.75, 3.05) is 4.90 Å². The SMILES string of the molecule is c1ccc(C2(c3ccccc3)c3ccccc3-c3c(-c4ccc(N(c5ccc(-c6cccc7ccccc67)cc5)c5ccccc5-c5cccc6c5sc5ccccc56)cc4)cccc32)cc1. The zero-order chi connectivity index (χ0) is 44.3. The van der Waals surface area contributed by atoms with Crippen molar-refractivity contribution < 1.29 is 0 Å². The summed E-state index contributed by atoms with van der Waals surface area (Å²) < 4.78 is 2.61. The molecule has 67 heavy (non-hydrogen) atoms. The van der Waals surface area contributed by atoms with Crippen molar-refractivity contribution in [3.8, 4) is 44.5 Å². The highest BCUT2D eigenvalue weighted by molar-refractivity contribution is 7.26. The Morgan fingerprint density at radius 1 is 0.313 bits per heavy atom. The van der Waals surface area contributed by atoms with Gasteiger partial charge in [-0.2, -0.15) is 0 Å². The second-order valence-corrected chi connectivity index (χ2v) is 18.6. The zero-order valence-corrected chi connectivity index (χ0v) is 37.5. The standard InChI is InChI=1S/C65H43NS/c1-3-20-47(21-4-1)65(48-22-5-2-6-23-48)59-32-12-9-27-58(59)63-53(29-17-33-60(63)65)46-38-42-50(43-39-46)66(49-40-36-45(37-41-49)52-28-15-19-44-18-7-8-24-51(44)52)61-34-13-10-25-54(61)56-30-16-31-57-55-26-11-14-35-62(55)67-64(56)57/h1-43H. The molecule has 0 aliphatic heterocycles. The van der Waals surface area contributed by atoms with E-state index in [0.29, 0.717) is 0 Å². The molecular weight excluding hydrogens is 827 g/mol. The third-order valence-electron chi connectivity index (χ3n) is 14.0. The molecule has 1 nitrogen and oxygen atoms in total. The van der Waals surface area contributed by atoms with Gasteiger partial charge >= 0.3 is 0 Å². The molecule has 0 atom stereocenters. The lowest BCUT2D eigenvalue weighted by atomic mass is 9.67. The summed E-state index contributed by atoms with van der Waals surface area (Å²) >= 11 is 1.88. The summed E-state index contributed by atoms with van der Waals surface area (Å²) in [4.78, 5) is 2.44. The van der Waals surface area contributed by atoms with Crippen molar-refractivity contribution in [2.45, 2.75) is 5.41 Å². The van der Waals surface area contributed by atoms with Gasteiger partial charge < -0.3 is 4.90 Å². The molecule has 0 saturated heterocycles. The van der Waals surface area contributed by atoms with E-state index in [-0.39, 0.29) is 0 Å². The minimum Gasteiger partial charge on any atom is -0.310 e. The van der Waals surface area contributed by atoms with Gasteiger partial charge in [0.05, 0.1) is 11.1 Å². The van der Waals surface area contributed by atoms with Crippen LogP contribution in [0.3, 0.4) is 0 Å². The van der Waals surface area contributed by atoms with Crippen LogP contribution in [-0.2, 0) is 5.41 Å². The maximum atomic E-state index is 2.44. The van der Waals surface area contributed by atoms with Crippen LogP contribution >= 0.6 is 11.3 Å². The first-order chi connectivity index (χ1) is 33.3. The van der Waals surface area contributed by atoms with E-state index in [1.165, 1.54) is 97.7 Å². The number of hydrogen-bond acceptors (Lipinski definition) is 2. The zero-order valence-electron chi connectivity index (χ0n) is 36.7. The molecule has 0 unspecified atom stereocenters. The van der Waals surface area contributed by atoms with Crippen molar-refractivity contribution in [2.24, 2.45) is 0 Å². The first-order valence-corrected chi connectivity index (χ1v) is 23.9. The number of anilines is 3. The van der Waals surface area contributed by atoms with Gasteiger partial charge in [0.15, 0.2) is 0 Å². The van der Waals surface area contributed by atoms with Crippen molar-refractivity contribution in [3.63, 3.8) is 0 Å². The summed E-state index contributed by atoms with van der Waals surface area (Å²) in [5.41, 5.74) is 17.9. The van der Waals surface area contributed by atoms with E-state index >= 15 is 0 Å². The second kappa shape index (κ2) is 16.0.